The summed E-state index contributed by atoms with van der Waals surface area (Å²) in [7, 11) is 0. The van der Waals surface area contributed by atoms with Gasteiger partial charge in [0, 0.05) is 110 Å². The third-order valence-corrected chi connectivity index (χ3v) is 26.6. The Morgan fingerprint density at radius 3 is 1.26 bits per heavy atom. The molecule has 11 heteroatoms. The molecule has 8 aromatic heterocycles. The highest BCUT2D eigenvalue weighted by molar-refractivity contribution is 6.17. The van der Waals surface area contributed by atoms with E-state index in [0.29, 0.717) is 17.2 Å². The average Bonchev–Trinajstić information content (AvgIpc) is 1.61. The number of rotatable bonds is 6. The fourth-order valence-electron chi connectivity index (χ4n) is 20.8. The van der Waals surface area contributed by atoms with Crippen molar-refractivity contribution in [2.75, 3.05) is 0 Å². The van der Waals surface area contributed by atoms with Crippen molar-refractivity contribution in [2.45, 2.75) is 57.8 Å². The third kappa shape index (κ3) is 10.8. The zero-order chi connectivity index (χ0) is 83.3. The average molecular weight is 1610 g/mol. The molecular weight excluding hydrogens is 1530 g/mol. The Balaban J connectivity index is 0.000000103. The highest BCUT2D eigenvalue weighted by Gasteiger charge is 2.42. The maximum Gasteiger partial charge on any atom is 0.180 e. The van der Waals surface area contributed by atoms with Crippen molar-refractivity contribution in [3.8, 4) is 101 Å². The molecule has 0 unspecified atom stereocenters. The van der Waals surface area contributed by atoms with Gasteiger partial charge in [0.1, 0.15) is 56.0 Å². The van der Waals surface area contributed by atoms with Gasteiger partial charge in [-0.2, -0.15) is 0 Å². The first-order chi connectivity index (χ1) is 61.2. The largest absolute Gasteiger partial charge is 0.456 e. The molecule has 0 amide bonds. The van der Waals surface area contributed by atoms with Gasteiger partial charge in [-0.15, -0.1) is 0 Å². The van der Waals surface area contributed by atoms with Crippen molar-refractivity contribution in [1.29, 1.82) is 0 Å². The fourth-order valence-corrected chi connectivity index (χ4v) is 20.8. The van der Waals surface area contributed by atoms with Crippen LogP contribution in [0.15, 0.2) is 364 Å². The topological polar surface area (TPSA) is 143 Å². The monoisotopic (exact) mass is 1610 g/mol. The van der Waals surface area contributed by atoms with Crippen molar-refractivity contribution in [3.05, 3.63) is 379 Å². The number of furan rings is 4. The van der Waals surface area contributed by atoms with Gasteiger partial charge in [0.2, 0.25) is 0 Å². The molecule has 590 valence electrons. The number of hydrogen-bond donors (Lipinski definition) is 0. The van der Waals surface area contributed by atoms with Crippen LogP contribution < -0.4 is 0 Å². The highest BCUT2D eigenvalue weighted by Crippen LogP contribution is 2.57. The molecule has 0 radical (unpaired) electrons. The first-order valence-electron chi connectivity index (χ1n) is 42.6. The first kappa shape index (κ1) is 72.0. The number of nitrogens with zero attached hydrogens (tertiary/aromatic N) is 7. The van der Waals surface area contributed by atoms with Crippen molar-refractivity contribution in [2.24, 2.45) is 0 Å². The molecule has 0 fully saturated rings. The third-order valence-electron chi connectivity index (χ3n) is 26.6. The van der Waals surface area contributed by atoms with E-state index in [1.807, 2.05) is 84.9 Å². The lowest BCUT2D eigenvalue weighted by atomic mass is 9.82. The lowest BCUT2D eigenvalue weighted by Crippen LogP contribution is -2.15. The van der Waals surface area contributed by atoms with E-state index in [9.17, 15) is 0 Å². The molecule has 0 spiro atoms. The van der Waals surface area contributed by atoms with Crippen molar-refractivity contribution in [3.63, 3.8) is 0 Å². The van der Waals surface area contributed by atoms with Gasteiger partial charge in [0.25, 0.3) is 0 Å². The summed E-state index contributed by atoms with van der Waals surface area (Å²) in [6.45, 7) is 13.8. The van der Waals surface area contributed by atoms with Crippen LogP contribution in [0.2, 0.25) is 0 Å². The second kappa shape index (κ2) is 27.1. The molecule has 0 saturated heterocycles. The molecule has 0 aliphatic heterocycles. The number of pyridine rings is 1. The van der Waals surface area contributed by atoms with Crippen LogP contribution in [-0.2, 0) is 16.2 Å². The van der Waals surface area contributed by atoms with Gasteiger partial charge in [-0.25, -0.2) is 29.9 Å². The molecule has 0 saturated carbocycles. The summed E-state index contributed by atoms with van der Waals surface area (Å²) < 4.78 is 26.7. The van der Waals surface area contributed by atoms with Crippen LogP contribution in [0.4, 0.5) is 0 Å². The van der Waals surface area contributed by atoms with Crippen molar-refractivity contribution < 1.29 is 17.7 Å². The zero-order valence-electron chi connectivity index (χ0n) is 69.2. The Kier molecular flexibility index (Phi) is 15.6. The number of benzene rings is 16. The Morgan fingerprint density at radius 2 is 0.664 bits per heavy atom. The minimum atomic E-state index is -0.176. The van der Waals surface area contributed by atoms with Gasteiger partial charge >= 0.3 is 0 Å². The zero-order valence-corrected chi connectivity index (χ0v) is 69.2. The quantitative estimate of drug-likeness (QED) is 0.147. The van der Waals surface area contributed by atoms with E-state index in [1.165, 1.54) is 77.5 Å². The molecule has 3 aliphatic carbocycles. The lowest BCUT2D eigenvalue weighted by molar-refractivity contribution is 0.619. The summed E-state index contributed by atoms with van der Waals surface area (Å²) in [5.41, 5.74) is 32.6. The Hall–Kier alpha value is -15.9. The molecule has 0 atom stereocenters. The Morgan fingerprint density at radius 1 is 0.232 bits per heavy atom. The molecular formula is C114H75N7O4. The SMILES string of the molecule is CC1(C)c2ccccc2-c2ccc3c(oc4c(-c5nc(-c6ccccc6)c6oc7ccccc7c6n5)cccc43)c21.CC1(C)c2ccccc2-c2ccc3c(oc4cc(-c5nc(-c6c7ccccc7cc7ccccc67)nc6ccccc56)ccc43)c21.CC1(C)c2ccccc2-c2ccc3c(oc4cc(-c5nc(-c6ccccn6)c6ccccc6n5)ccc43)c21. The van der Waals surface area contributed by atoms with Crippen LogP contribution in [0.1, 0.15) is 74.9 Å². The Labute approximate surface area is 717 Å². The van der Waals surface area contributed by atoms with Gasteiger partial charge in [-0.05, 0) is 163 Å². The molecule has 8 heterocycles. The maximum atomic E-state index is 6.87. The molecule has 16 aromatic carbocycles. The number of hydrogen-bond acceptors (Lipinski definition) is 11. The molecule has 11 nitrogen and oxygen atoms in total. The van der Waals surface area contributed by atoms with E-state index < -0.39 is 0 Å². The van der Waals surface area contributed by atoms with Crippen LogP contribution in [0.5, 0.6) is 0 Å². The van der Waals surface area contributed by atoms with E-state index >= 15 is 0 Å². The minimum Gasteiger partial charge on any atom is -0.456 e. The molecule has 0 bridgehead atoms. The number of para-hydroxylation sites is 4. The summed E-state index contributed by atoms with van der Waals surface area (Å²) in [6.07, 6.45) is 1.80. The highest BCUT2D eigenvalue weighted by atomic mass is 16.3. The molecule has 0 N–H and O–H groups in total. The predicted molar refractivity (Wildman–Crippen MR) is 508 cm³/mol. The predicted octanol–water partition coefficient (Wildman–Crippen LogP) is 30.0. The van der Waals surface area contributed by atoms with E-state index in [4.69, 9.17) is 47.6 Å². The summed E-state index contributed by atoms with van der Waals surface area (Å²) in [5, 5.41) is 14.3. The van der Waals surface area contributed by atoms with Crippen LogP contribution in [0.3, 0.4) is 0 Å². The summed E-state index contributed by atoms with van der Waals surface area (Å²) in [4.78, 5) is 35.2. The summed E-state index contributed by atoms with van der Waals surface area (Å²) in [5.74, 6) is 2.00. The van der Waals surface area contributed by atoms with Gasteiger partial charge < -0.3 is 17.7 Å². The van der Waals surface area contributed by atoms with E-state index in [2.05, 4.69) is 301 Å². The van der Waals surface area contributed by atoms with Gasteiger partial charge in [-0.3, -0.25) is 4.98 Å². The van der Waals surface area contributed by atoms with Crippen LogP contribution in [0, 0.1) is 0 Å². The normalized spacial score (nSPS) is 13.7. The first-order valence-corrected chi connectivity index (χ1v) is 42.6. The summed E-state index contributed by atoms with van der Waals surface area (Å²) >= 11 is 0. The maximum absolute atomic E-state index is 6.87. The van der Waals surface area contributed by atoms with E-state index in [0.717, 1.165) is 171 Å². The van der Waals surface area contributed by atoms with E-state index in [-0.39, 0.29) is 16.2 Å². The molecule has 125 heavy (non-hydrogen) atoms. The van der Waals surface area contributed by atoms with Gasteiger partial charge in [-0.1, -0.05) is 290 Å². The van der Waals surface area contributed by atoms with Gasteiger partial charge in [0.05, 0.1) is 28.0 Å². The minimum absolute atomic E-state index is 0.138. The van der Waals surface area contributed by atoms with Gasteiger partial charge in [0.15, 0.2) is 23.1 Å². The molecule has 3 aliphatic rings. The van der Waals surface area contributed by atoms with E-state index in [1.54, 1.807) is 6.20 Å². The van der Waals surface area contributed by atoms with Crippen LogP contribution in [0.25, 0.3) is 233 Å². The second-order valence-electron chi connectivity index (χ2n) is 34.8. The molecule has 27 rings (SSSR count). The standard InChI is InChI=1S/C43H28N2O.C37H24N2O2.C34H23N3O/c1-43(2)35-17-9-7-15-30(35)32-21-22-33-31-20-19-27(24-37(31)46-41(33)39(32)43)40-34-16-8-10-18-36(34)44-42(45-40)38-28-13-5-3-11-25(28)23-26-12-4-6-14-29(26)38;1-37(2)28-17-8-6-13-22(28)23-19-20-25-24-15-10-16-27(33(24)41-34(25)30(23)37)36-38-31(21-11-4-3-5-12-21)35-32(39-36)26-14-7-9-18-29(26)40-35;1-34(2)26-11-5-3-9-21(26)23-16-17-24-22-15-14-20(19-29(22)38-32(24)30(23)34)33-36-27-12-6-4-10-25(27)31(37-33)28-13-7-8-18-35-28/h3-24H,1-2H3;3-20H,1-2H3;3-19H,1-2H3. The lowest BCUT2D eigenvalue weighted by Gasteiger charge is -2.21. The smallest absolute Gasteiger partial charge is 0.180 e. The fraction of sp³-hybridized carbons (Fsp3) is 0.0789. The van der Waals surface area contributed by atoms with Crippen molar-refractivity contribution >= 4 is 131 Å². The number of aromatic nitrogens is 7. The van der Waals surface area contributed by atoms with Crippen LogP contribution >= 0.6 is 0 Å². The number of fused-ring (bicyclic) bond motifs is 28. The second-order valence-corrected chi connectivity index (χ2v) is 34.8. The Bertz CT molecular complexity index is 8680. The summed E-state index contributed by atoms with van der Waals surface area (Å²) in [6, 6.07) is 118. The molecule has 24 aromatic rings. The van der Waals surface area contributed by atoms with Crippen molar-refractivity contribution in [1.82, 2.24) is 34.9 Å². The van der Waals surface area contributed by atoms with Crippen LogP contribution in [-0.4, -0.2) is 34.9 Å².